The van der Waals surface area contributed by atoms with Crippen LogP contribution in [0, 0.1) is 17.0 Å². The van der Waals surface area contributed by atoms with Gasteiger partial charge in [0.05, 0.1) is 4.92 Å². The molecule has 0 aromatic heterocycles. The van der Waals surface area contributed by atoms with Crippen LogP contribution in [0.5, 0.6) is 0 Å². The number of hydrogen-bond acceptors (Lipinski definition) is 4. The first kappa shape index (κ1) is 14.0. The Balaban J connectivity index is 2.07. The topological polar surface area (TPSA) is 58.4 Å². The van der Waals surface area contributed by atoms with E-state index >= 15 is 0 Å². The molecule has 1 unspecified atom stereocenters. The van der Waals surface area contributed by atoms with Crippen molar-refractivity contribution in [2.75, 3.05) is 13.1 Å². The number of nitro benzene ring substituents is 1. The summed E-state index contributed by atoms with van der Waals surface area (Å²) in [7, 11) is 0. The molecule has 0 amide bonds. The summed E-state index contributed by atoms with van der Waals surface area (Å²) in [4.78, 5) is 10.6. The molecule has 2 rings (SSSR count). The minimum atomic E-state index is -0.313. The summed E-state index contributed by atoms with van der Waals surface area (Å²) in [5.41, 5.74) is 5.30. The van der Waals surface area contributed by atoms with Gasteiger partial charge in [0.15, 0.2) is 0 Å². The highest BCUT2D eigenvalue weighted by atomic mass is 16.6. The molecule has 104 valence electrons. The van der Waals surface area contributed by atoms with E-state index in [0.717, 1.165) is 18.7 Å². The lowest BCUT2D eigenvalue weighted by atomic mass is 10.1. The SMILES string of the molecule is Cc1ccc(C(C)NN2CCCCC2)cc1[N+](=O)[O-]. The smallest absolute Gasteiger partial charge is 0.258 e. The maximum Gasteiger partial charge on any atom is 0.272 e. The van der Waals surface area contributed by atoms with Gasteiger partial charge in [0.2, 0.25) is 0 Å². The van der Waals surface area contributed by atoms with E-state index < -0.39 is 0 Å². The Morgan fingerprint density at radius 3 is 2.63 bits per heavy atom. The molecule has 1 N–H and O–H groups in total. The minimum absolute atomic E-state index is 0.0948. The number of nitrogens with one attached hydrogen (secondary N) is 1. The van der Waals surface area contributed by atoms with Crippen LogP contribution in [0.15, 0.2) is 18.2 Å². The minimum Gasteiger partial charge on any atom is -0.258 e. The monoisotopic (exact) mass is 263 g/mol. The summed E-state index contributed by atoms with van der Waals surface area (Å²) in [6.07, 6.45) is 3.73. The summed E-state index contributed by atoms with van der Waals surface area (Å²) < 4.78 is 0. The van der Waals surface area contributed by atoms with E-state index in [2.05, 4.69) is 10.4 Å². The van der Waals surface area contributed by atoms with Gasteiger partial charge < -0.3 is 0 Å². The Hall–Kier alpha value is -1.46. The summed E-state index contributed by atoms with van der Waals surface area (Å²) >= 11 is 0. The average Bonchev–Trinajstić information content (AvgIpc) is 2.40. The first-order chi connectivity index (χ1) is 9.08. The molecule has 5 nitrogen and oxygen atoms in total. The lowest BCUT2D eigenvalue weighted by Crippen LogP contribution is -2.42. The fourth-order valence-electron chi connectivity index (χ4n) is 2.46. The number of piperidine rings is 1. The number of nitrogens with zero attached hydrogens (tertiary/aromatic N) is 2. The molecular formula is C14H21N3O2. The Morgan fingerprint density at radius 1 is 1.32 bits per heavy atom. The number of rotatable bonds is 4. The Labute approximate surface area is 113 Å². The standard InChI is InChI=1S/C14H21N3O2/c1-11-6-7-13(10-14(11)17(18)19)12(2)15-16-8-4-3-5-9-16/h6-7,10,12,15H,3-5,8-9H2,1-2H3. The quantitative estimate of drug-likeness (QED) is 0.670. The van der Waals surface area contributed by atoms with E-state index in [9.17, 15) is 10.1 Å². The molecule has 0 aliphatic carbocycles. The van der Waals surface area contributed by atoms with E-state index in [0.29, 0.717) is 5.56 Å². The van der Waals surface area contributed by atoms with E-state index in [1.165, 1.54) is 19.3 Å². The molecule has 1 fully saturated rings. The average molecular weight is 263 g/mol. The molecule has 0 bridgehead atoms. The van der Waals surface area contributed by atoms with Crippen LogP contribution in [0.3, 0.4) is 0 Å². The van der Waals surface area contributed by atoms with Gasteiger partial charge in [0.1, 0.15) is 0 Å². The molecule has 1 atom stereocenters. The van der Waals surface area contributed by atoms with E-state index in [4.69, 9.17) is 0 Å². The Morgan fingerprint density at radius 2 is 2.00 bits per heavy atom. The predicted octanol–water partition coefficient (Wildman–Crippen LogP) is 2.95. The third-order valence-corrected chi connectivity index (χ3v) is 3.66. The lowest BCUT2D eigenvalue weighted by Gasteiger charge is -2.30. The highest BCUT2D eigenvalue weighted by Gasteiger charge is 2.17. The molecule has 1 aliphatic heterocycles. The highest BCUT2D eigenvalue weighted by Crippen LogP contribution is 2.23. The maximum absolute atomic E-state index is 11.0. The maximum atomic E-state index is 11.0. The normalized spacial score (nSPS) is 18.2. The molecule has 5 heteroatoms. The number of hydrazine groups is 1. The first-order valence-electron chi connectivity index (χ1n) is 6.84. The lowest BCUT2D eigenvalue weighted by molar-refractivity contribution is -0.385. The molecule has 0 radical (unpaired) electrons. The molecule has 0 saturated carbocycles. The second-order valence-electron chi connectivity index (χ2n) is 5.20. The zero-order valence-corrected chi connectivity index (χ0v) is 11.6. The van der Waals surface area contributed by atoms with Gasteiger partial charge in [-0.1, -0.05) is 18.6 Å². The van der Waals surface area contributed by atoms with E-state index in [1.807, 2.05) is 19.1 Å². The van der Waals surface area contributed by atoms with Crippen LogP contribution in [0.2, 0.25) is 0 Å². The summed E-state index contributed by atoms with van der Waals surface area (Å²) in [6.45, 7) is 5.92. The van der Waals surface area contributed by atoms with Crippen molar-refractivity contribution >= 4 is 5.69 Å². The van der Waals surface area contributed by atoms with Crippen molar-refractivity contribution in [1.29, 1.82) is 0 Å². The second kappa shape index (κ2) is 6.12. The largest absolute Gasteiger partial charge is 0.272 e. The molecular weight excluding hydrogens is 242 g/mol. The molecule has 19 heavy (non-hydrogen) atoms. The van der Waals surface area contributed by atoms with Gasteiger partial charge >= 0.3 is 0 Å². The van der Waals surface area contributed by atoms with Crippen LogP contribution in [0.1, 0.15) is 43.4 Å². The Kier molecular flexibility index (Phi) is 4.50. The van der Waals surface area contributed by atoms with Crippen molar-refractivity contribution in [2.45, 2.75) is 39.2 Å². The van der Waals surface area contributed by atoms with E-state index in [1.54, 1.807) is 13.0 Å². The molecule has 1 aliphatic rings. The molecule has 1 saturated heterocycles. The first-order valence-corrected chi connectivity index (χ1v) is 6.84. The molecule has 1 aromatic carbocycles. The Bertz CT molecular complexity index is 456. The van der Waals surface area contributed by atoms with E-state index in [-0.39, 0.29) is 16.7 Å². The number of aryl methyl sites for hydroxylation is 1. The summed E-state index contributed by atoms with van der Waals surface area (Å²) in [6, 6.07) is 5.56. The zero-order chi connectivity index (χ0) is 13.8. The van der Waals surface area contributed by atoms with Crippen molar-refractivity contribution in [1.82, 2.24) is 10.4 Å². The number of nitro groups is 1. The van der Waals surface area contributed by atoms with Gasteiger partial charge in [-0.2, -0.15) is 0 Å². The summed E-state index contributed by atoms with van der Waals surface area (Å²) in [5.74, 6) is 0. The van der Waals surface area contributed by atoms with Crippen molar-refractivity contribution in [3.05, 3.63) is 39.4 Å². The van der Waals surface area contributed by atoms with Crippen molar-refractivity contribution in [2.24, 2.45) is 0 Å². The summed E-state index contributed by atoms with van der Waals surface area (Å²) in [5, 5.41) is 13.2. The van der Waals surface area contributed by atoms with Gasteiger partial charge in [0.25, 0.3) is 5.69 Å². The molecule has 0 spiro atoms. The van der Waals surface area contributed by atoms with Crippen LogP contribution >= 0.6 is 0 Å². The van der Waals surface area contributed by atoms with Gasteiger partial charge in [-0.05, 0) is 32.3 Å². The van der Waals surface area contributed by atoms with Crippen LogP contribution < -0.4 is 5.43 Å². The third kappa shape index (κ3) is 3.52. The number of benzene rings is 1. The highest BCUT2D eigenvalue weighted by molar-refractivity contribution is 5.43. The van der Waals surface area contributed by atoms with Crippen LogP contribution in [0.25, 0.3) is 0 Å². The fourth-order valence-corrected chi connectivity index (χ4v) is 2.46. The fraction of sp³-hybridized carbons (Fsp3) is 0.571. The third-order valence-electron chi connectivity index (χ3n) is 3.66. The van der Waals surface area contributed by atoms with Gasteiger partial charge in [-0.25, -0.2) is 10.4 Å². The van der Waals surface area contributed by atoms with Crippen molar-refractivity contribution in [3.63, 3.8) is 0 Å². The molecule has 1 heterocycles. The van der Waals surface area contributed by atoms with Gasteiger partial charge in [-0.3, -0.25) is 10.1 Å². The number of hydrogen-bond donors (Lipinski definition) is 1. The predicted molar refractivity (Wildman–Crippen MR) is 74.8 cm³/mol. The van der Waals surface area contributed by atoms with Crippen molar-refractivity contribution in [3.8, 4) is 0 Å². The van der Waals surface area contributed by atoms with Gasteiger partial charge in [0, 0.05) is 30.8 Å². The zero-order valence-electron chi connectivity index (χ0n) is 11.6. The van der Waals surface area contributed by atoms with Crippen LogP contribution in [-0.4, -0.2) is 23.0 Å². The molecule has 1 aromatic rings. The van der Waals surface area contributed by atoms with Crippen LogP contribution in [0.4, 0.5) is 5.69 Å². The van der Waals surface area contributed by atoms with Gasteiger partial charge in [-0.15, -0.1) is 0 Å². The van der Waals surface area contributed by atoms with Crippen LogP contribution in [-0.2, 0) is 0 Å². The van der Waals surface area contributed by atoms with Crippen molar-refractivity contribution < 1.29 is 4.92 Å². The second-order valence-corrected chi connectivity index (χ2v) is 5.20.